The largest absolute Gasteiger partial charge is 0.398 e. The predicted octanol–water partition coefficient (Wildman–Crippen LogP) is 3.23. The van der Waals surface area contributed by atoms with Gasteiger partial charge in [-0.15, -0.1) is 0 Å². The summed E-state index contributed by atoms with van der Waals surface area (Å²) in [4.78, 5) is 12.2. The second-order valence-corrected chi connectivity index (χ2v) is 6.19. The Morgan fingerprint density at radius 2 is 2.22 bits per heavy atom. The number of amides is 1. The number of carbonyl (C=O) groups excluding carboxylic acids is 1. The molecule has 3 N–H and O–H groups in total. The number of anilines is 1. The Labute approximate surface area is 113 Å². The van der Waals surface area contributed by atoms with Crippen LogP contribution >= 0.6 is 11.6 Å². The van der Waals surface area contributed by atoms with Gasteiger partial charge in [-0.2, -0.15) is 0 Å². The molecule has 98 valence electrons. The first kappa shape index (κ1) is 13.2. The van der Waals surface area contributed by atoms with Crippen molar-refractivity contribution in [1.29, 1.82) is 0 Å². The van der Waals surface area contributed by atoms with Gasteiger partial charge in [-0.3, -0.25) is 4.79 Å². The predicted molar refractivity (Wildman–Crippen MR) is 74.8 cm³/mol. The zero-order chi connectivity index (χ0) is 13.3. The molecule has 18 heavy (non-hydrogen) atoms. The Balaban J connectivity index is 2.09. The number of carbonyl (C=O) groups is 1. The molecule has 1 aromatic carbocycles. The summed E-state index contributed by atoms with van der Waals surface area (Å²) in [6, 6.07) is 5.35. The Bertz CT molecular complexity index is 451. The van der Waals surface area contributed by atoms with Gasteiger partial charge in [0.2, 0.25) is 0 Å². The van der Waals surface area contributed by atoms with E-state index in [1.165, 1.54) is 0 Å². The highest BCUT2D eigenvalue weighted by molar-refractivity contribution is 6.34. The fraction of sp³-hybridized carbons (Fsp3) is 0.500. The van der Waals surface area contributed by atoms with Crippen LogP contribution in [0.3, 0.4) is 0 Å². The minimum Gasteiger partial charge on any atom is -0.398 e. The van der Waals surface area contributed by atoms with Crippen LogP contribution in [0.5, 0.6) is 0 Å². The number of hydrogen-bond donors (Lipinski definition) is 2. The van der Waals surface area contributed by atoms with E-state index in [1.807, 2.05) is 0 Å². The SMILES string of the molecule is CC1(C)CCC(NC(=O)c2c(N)cccc2Cl)C1. The van der Waals surface area contributed by atoms with Gasteiger partial charge < -0.3 is 11.1 Å². The van der Waals surface area contributed by atoms with E-state index in [9.17, 15) is 4.79 Å². The zero-order valence-electron chi connectivity index (χ0n) is 10.8. The molecule has 0 radical (unpaired) electrons. The molecule has 0 aliphatic heterocycles. The molecular formula is C14H19ClN2O. The van der Waals surface area contributed by atoms with Crippen molar-refractivity contribution in [3.05, 3.63) is 28.8 Å². The van der Waals surface area contributed by atoms with E-state index in [4.69, 9.17) is 17.3 Å². The lowest BCUT2D eigenvalue weighted by Crippen LogP contribution is -2.34. The molecule has 1 aliphatic rings. The Hall–Kier alpha value is -1.22. The molecule has 0 aromatic heterocycles. The van der Waals surface area contributed by atoms with E-state index in [0.717, 1.165) is 19.3 Å². The van der Waals surface area contributed by atoms with Gasteiger partial charge >= 0.3 is 0 Å². The summed E-state index contributed by atoms with van der Waals surface area (Å²) in [7, 11) is 0. The highest BCUT2D eigenvalue weighted by atomic mass is 35.5. The minimum absolute atomic E-state index is 0.166. The van der Waals surface area contributed by atoms with Crippen LogP contribution < -0.4 is 11.1 Å². The fourth-order valence-electron chi connectivity index (χ4n) is 2.60. The lowest BCUT2D eigenvalue weighted by atomic mass is 9.92. The number of benzene rings is 1. The molecule has 1 aliphatic carbocycles. The topological polar surface area (TPSA) is 55.1 Å². The third-order valence-corrected chi connectivity index (χ3v) is 3.89. The summed E-state index contributed by atoms with van der Waals surface area (Å²) >= 11 is 6.03. The maximum Gasteiger partial charge on any atom is 0.255 e. The Morgan fingerprint density at radius 1 is 1.50 bits per heavy atom. The first-order valence-corrected chi connectivity index (χ1v) is 6.62. The van der Waals surface area contributed by atoms with E-state index in [1.54, 1.807) is 18.2 Å². The van der Waals surface area contributed by atoms with E-state index >= 15 is 0 Å². The van der Waals surface area contributed by atoms with Crippen molar-refractivity contribution < 1.29 is 4.79 Å². The van der Waals surface area contributed by atoms with Gasteiger partial charge in [0.05, 0.1) is 10.6 Å². The second kappa shape index (κ2) is 4.81. The summed E-state index contributed by atoms with van der Waals surface area (Å²) < 4.78 is 0. The van der Waals surface area contributed by atoms with Crippen molar-refractivity contribution in [2.75, 3.05) is 5.73 Å². The molecule has 3 nitrogen and oxygen atoms in total. The summed E-state index contributed by atoms with van der Waals surface area (Å²) in [6.45, 7) is 4.45. The quantitative estimate of drug-likeness (QED) is 0.808. The van der Waals surface area contributed by atoms with Gasteiger partial charge in [0, 0.05) is 11.7 Å². The molecule has 1 fully saturated rings. The van der Waals surface area contributed by atoms with Crippen molar-refractivity contribution in [3.8, 4) is 0 Å². The third kappa shape index (κ3) is 2.78. The van der Waals surface area contributed by atoms with E-state index in [0.29, 0.717) is 21.7 Å². The number of hydrogen-bond acceptors (Lipinski definition) is 2. The van der Waals surface area contributed by atoms with Crippen LogP contribution in [-0.2, 0) is 0 Å². The number of halogens is 1. The number of rotatable bonds is 2. The molecule has 1 saturated carbocycles. The van der Waals surface area contributed by atoms with Crippen LogP contribution in [0.1, 0.15) is 43.5 Å². The molecule has 1 unspecified atom stereocenters. The van der Waals surface area contributed by atoms with Crippen molar-refractivity contribution in [2.45, 2.75) is 39.2 Å². The molecular weight excluding hydrogens is 248 g/mol. The second-order valence-electron chi connectivity index (χ2n) is 5.78. The molecule has 1 amide bonds. The van der Waals surface area contributed by atoms with Crippen molar-refractivity contribution in [2.24, 2.45) is 5.41 Å². The summed E-state index contributed by atoms with van der Waals surface area (Å²) in [5.41, 5.74) is 6.93. The van der Waals surface area contributed by atoms with E-state index < -0.39 is 0 Å². The molecule has 4 heteroatoms. The van der Waals surface area contributed by atoms with Gasteiger partial charge in [-0.25, -0.2) is 0 Å². The molecule has 0 spiro atoms. The average molecular weight is 267 g/mol. The monoisotopic (exact) mass is 266 g/mol. The highest BCUT2D eigenvalue weighted by Gasteiger charge is 2.32. The highest BCUT2D eigenvalue weighted by Crippen LogP contribution is 2.37. The van der Waals surface area contributed by atoms with Gasteiger partial charge in [-0.1, -0.05) is 31.5 Å². The van der Waals surface area contributed by atoms with Gasteiger partial charge in [0.1, 0.15) is 0 Å². The van der Waals surface area contributed by atoms with E-state index in [-0.39, 0.29) is 11.9 Å². The van der Waals surface area contributed by atoms with Gasteiger partial charge in [0.15, 0.2) is 0 Å². The molecule has 0 bridgehead atoms. The summed E-state index contributed by atoms with van der Waals surface area (Å²) in [6.07, 6.45) is 3.15. The van der Waals surface area contributed by atoms with Crippen LogP contribution in [0, 0.1) is 5.41 Å². The van der Waals surface area contributed by atoms with Crippen LogP contribution in [0.2, 0.25) is 5.02 Å². The molecule has 0 saturated heterocycles. The van der Waals surface area contributed by atoms with Crippen LogP contribution in [-0.4, -0.2) is 11.9 Å². The Morgan fingerprint density at radius 3 is 2.78 bits per heavy atom. The first-order valence-electron chi connectivity index (χ1n) is 6.24. The summed E-state index contributed by atoms with van der Waals surface area (Å²) in [5, 5.41) is 3.44. The first-order chi connectivity index (χ1) is 8.39. The van der Waals surface area contributed by atoms with Gasteiger partial charge in [0.25, 0.3) is 5.91 Å². The van der Waals surface area contributed by atoms with Crippen LogP contribution in [0.15, 0.2) is 18.2 Å². The van der Waals surface area contributed by atoms with Crippen LogP contribution in [0.25, 0.3) is 0 Å². The smallest absolute Gasteiger partial charge is 0.255 e. The maximum absolute atomic E-state index is 12.2. The molecule has 2 rings (SSSR count). The van der Waals surface area contributed by atoms with E-state index in [2.05, 4.69) is 19.2 Å². The van der Waals surface area contributed by atoms with Gasteiger partial charge in [-0.05, 0) is 36.8 Å². The lowest BCUT2D eigenvalue weighted by molar-refractivity contribution is 0.0937. The number of nitrogens with two attached hydrogens (primary N) is 1. The normalized spacial score (nSPS) is 21.8. The Kier molecular flexibility index (Phi) is 3.53. The zero-order valence-corrected chi connectivity index (χ0v) is 11.6. The molecule has 0 heterocycles. The minimum atomic E-state index is -0.166. The van der Waals surface area contributed by atoms with Crippen LogP contribution in [0.4, 0.5) is 5.69 Å². The molecule has 1 atom stereocenters. The van der Waals surface area contributed by atoms with Crippen molar-refractivity contribution in [1.82, 2.24) is 5.32 Å². The lowest BCUT2D eigenvalue weighted by Gasteiger charge is -2.18. The summed E-state index contributed by atoms with van der Waals surface area (Å²) in [5.74, 6) is -0.166. The third-order valence-electron chi connectivity index (χ3n) is 3.58. The van der Waals surface area contributed by atoms with Crippen molar-refractivity contribution >= 4 is 23.2 Å². The van der Waals surface area contributed by atoms with Crippen molar-refractivity contribution in [3.63, 3.8) is 0 Å². The average Bonchev–Trinajstić information content (AvgIpc) is 2.57. The molecule has 1 aromatic rings. The number of nitrogens with one attached hydrogen (secondary N) is 1. The fourth-order valence-corrected chi connectivity index (χ4v) is 2.86. The number of nitrogen functional groups attached to an aromatic ring is 1. The maximum atomic E-state index is 12.2. The standard InChI is InChI=1S/C14H19ClN2O/c1-14(2)7-6-9(8-14)17-13(18)12-10(15)4-3-5-11(12)16/h3-5,9H,6-8,16H2,1-2H3,(H,17,18).